The van der Waals surface area contributed by atoms with Crippen LogP contribution in [0.25, 0.3) is 0 Å². The second-order valence-corrected chi connectivity index (χ2v) is 15.4. The zero-order chi connectivity index (χ0) is 24.2. The topological polar surface area (TPSA) is 69.6 Å². The minimum Gasteiger partial charge on any atom is -0.390 e. The molecular weight excluding hydrogens is 434 g/mol. The van der Waals surface area contributed by atoms with Crippen LogP contribution >= 0.6 is 0 Å². The van der Waals surface area contributed by atoms with E-state index in [1.54, 1.807) is 0 Å². The average molecular weight is 484 g/mol. The van der Waals surface area contributed by atoms with Gasteiger partial charge in [-0.3, -0.25) is 4.79 Å². The van der Waals surface area contributed by atoms with Crippen molar-refractivity contribution < 1.29 is 15.0 Å². The molecule has 4 unspecified atom stereocenters. The summed E-state index contributed by atoms with van der Waals surface area (Å²) in [4.78, 5) is 13.7. The Hall–Kier alpha value is -0.450. The highest BCUT2D eigenvalue weighted by atomic mass is 16.3. The molecule has 4 nitrogen and oxygen atoms in total. The van der Waals surface area contributed by atoms with E-state index < -0.39 is 11.2 Å². The van der Waals surface area contributed by atoms with Crippen molar-refractivity contribution in [3.63, 3.8) is 0 Å². The van der Waals surface area contributed by atoms with E-state index in [4.69, 9.17) is 0 Å². The lowest BCUT2D eigenvalue weighted by molar-refractivity contribution is -0.141. The zero-order valence-corrected chi connectivity index (χ0v) is 22.2. The third-order valence-corrected chi connectivity index (χ3v) is 13.4. The van der Waals surface area contributed by atoms with Crippen LogP contribution in [0.15, 0.2) is 0 Å². The minimum atomic E-state index is -0.440. The summed E-state index contributed by atoms with van der Waals surface area (Å²) in [7, 11) is 0. The predicted molar refractivity (Wildman–Crippen MR) is 137 cm³/mol. The van der Waals surface area contributed by atoms with Crippen LogP contribution in [0, 0.1) is 58.7 Å². The summed E-state index contributed by atoms with van der Waals surface area (Å²) >= 11 is 0. The fourth-order valence-electron chi connectivity index (χ4n) is 12.3. The van der Waals surface area contributed by atoms with Gasteiger partial charge in [0.25, 0.3) is 0 Å². The molecule has 8 aliphatic rings. The number of hydrogen-bond acceptors (Lipinski definition) is 4. The molecule has 0 aromatic heterocycles. The van der Waals surface area contributed by atoms with E-state index in [9.17, 15) is 15.0 Å². The molecule has 196 valence electrons. The number of fused-ring (bicyclic) bond motifs is 5. The predicted octanol–water partition coefficient (Wildman–Crippen LogP) is 5.10. The smallest absolute Gasteiger partial charge is 0.150 e. The van der Waals surface area contributed by atoms with Gasteiger partial charge in [-0.15, -0.1) is 0 Å². The Kier molecular flexibility index (Phi) is 5.42. The summed E-state index contributed by atoms with van der Waals surface area (Å²) in [5, 5.41) is 25.4. The van der Waals surface area contributed by atoms with Gasteiger partial charge in [0.15, 0.2) is 0 Å². The van der Waals surface area contributed by atoms with Gasteiger partial charge in [0.05, 0.1) is 17.7 Å². The van der Waals surface area contributed by atoms with Crippen molar-refractivity contribution in [2.24, 2.45) is 58.7 Å². The third-order valence-electron chi connectivity index (χ3n) is 13.4. The van der Waals surface area contributed by atoms with Gasteiger partial charge in [0, 0.05) is 12.0 Å². The molecule has 8 rings (SSSR count). The van der Waals surface area contributed by atoms with Gasteiger partial charge >= 0.3 is 0 Å². The highest BCUT2D eigenvalue weighted by molar-refractivity contribution is 5.84. The van der Waals surface area contributed by atoms with Crippen LogP contribution in [0.5, 0.6) is 0 Å². The molecule has 0 saturated heterocycles. The first kappa shape index (κ1) is 23.7. The SMILES string of the molecule is C[C@@]1(O)CC[C@@H]2C3CC[C@@]4(C)C(CC[C@@H]4C(=O)CNC4C5CC6CC4CC(O)(C6)C5)[C@@H]3CC[C@@H]2C1. The number of carbonyl (C=O) groups is 1. The van der Waals surface area contributed by atoms with Gasteiger partial charge in [-0.2, -0.15) is 0 Å². The monoisotopic (exact) mass is 483 g/mol. The molecule has 8 saturated carbocycles. The lowest BCUT2D eigenvalue weighted by atomic mass is 9.49. The molecule has 35 heavy (non-hydrogen) atoms. The van der Waals surface area contributed by atoms with Crippen LogP contribution in [0.4, 0.5) is 0 Å². The average Bonchev–Trinajstić information content (AvgIpc) is 3.13. The van der Waals surface area contributed by atoms with Gasteiger partial charge in [0.1, 0.15) is 5.78 Å². The number of carbonyl (C=O) groups excluding carboxylic acids is 1. The molecule has 0 aromatic rings. The lowest BCUT2D eigenvalue weighted by Gasteiger charge is -2.58. The van der Waals surface area contributed by atoms with E-state index in [1.807, 2.05) is 0 Å². The first-order chi connectivity index (χ1) is 16.6. The summed E-state index contributed by atoms with van der Waals surface area (Å²) < 4.78 is 0. The Bertz CT molecular complexity index is 853. The van der Waals surface area contributed by atoms with Crippen LogP contribution in [0.2, 0.25) is 0 Å². The standard InChI is InChI=1S/C31H49NO3/c1-29(34)9-7-22-19(14-29)3-4-24-23(22)8-10-30(2)25(24)5-6-26(30)27(33)17-32-28-20-11-18-12-21(28)16-31(35,13-18)15-20/h18-26,28,32,34-35H,3-17H2,1-2H3/t18?,19-,20?,21?,22+,23?,24-,25?,26-,28?,29-,30+,31?/m1/s1. The minimum absolute atomic E-state index is 0.201. The molecule has 4 heteroatoms. The van der Waals surface area contributed by atoms with Crippen molar-refractivity contribution in [3.8, 4) is 0 Å². The number of aliphatic hydroxyl groups is 2. The van der Waals surface area contributed by atoms with Crippen LogP contribution in [0.1, 0.15) is 104 Å². The fourth-order valence-corrected chi connectivity index (χ4v) is 12.3. The van der Waals surface area contributed by atoms with E-state index >= 15 is 0 Å². The number of nitrogens with one attached hydrogen (secondary N) is 1. The molecular formula is C31H49NO3. The Labute approximate surface area is 212 Å². The van der Waals surface area contributed by atoms with Crippen LogP contribution in [0.3, 0.4) is 0 Å². The van der Waals surface area contributed by atoms with Gasteiger partial charge in [-0.05, 0) is 150 Å². The normalized spacial score (nSPS) is 58.5. The largest absolute Gasteiger partial charge is 0.390 e. The Morgan fingerprint density at radius 2 is 1.54 bits per heavy atom. The molecule has 0 aromatic carbocycles. The molecule has 0 amide bonds. The van der Waals surface area contributed by atoms with E-state index in [1.165, 1.54) is 51.4 Å². The fraction of sp³-hybridized carbons (Fsp3) is 0.968. The number of ketones is 1. The number of hydrogen-bond donors (Lipinski definition) is 3. The van der Waals surface area contributed by atoms with Crippen molar-refractivity contribution in [2.45, 2.75) is 121 Å². The maximum Gasteiger partial charge on any atom is 0.150 e. The van der Waals surface area contributed by atoms with Crippen molar-refractivity contribution in [3.05, 3.63) is 0 Å². The summed E-state index contributed by atoms with van der Waals surface area (Å²) in [6.07, 6.45) is 16.2. The molecule has 0 spiro atoms. The van der Waals surface area contributed by atoms with E-state index in [0.717, 1.165) is 74.0 Å². The van der Waals surface area contributed by atoms with Crippen LogP contribution in [-0.4, -0.2) is 39.8 Å². The van der Waals surface area contributed by atoms with Gasteiger partial charge in [0.2, 0.25) is 0 Å². The van der Waals surface area contributed by atoms with E-state index in [-0.39, 0.29) is 11.3 Å². The second kappa shape index (κ2) is 8.03. The summed E-state index contributed by atoms with van der Waals surface area (Å²) in [5.74, 6) is 6.54. The van der Waals surface area contributed by atoms with Gasteiger partial charge in [-0.1, -0.05) is 6.92 Å². The first-order valence-electron chi connectivity index (χ1n) is 15.3. The molecule has 0 aliphatic heterocycles. The van der Waals surface area contributed by atoms with Crippen molar-refractivity contribution in [1.82, 2.24) is 5.32 Å². The molecule has 3 N–H and O–H groups in total. The maximum atomic E-state index is 13.7. The lowest BCUT2D eigenvalue weighted by Crippen LogP contribution is -2.61. The zero-order valence-electron chi connectivity index (χ0n) is 22.2. The molecule has 10 atom stereocenters. The van der Waals surface area contributed by atoms with Crippen molar-refractivity contribution in [2.75, 3.05) is 6.54 Å². The highest BCUT2D eigenvalue weighted by Gasteiger charge is 2.59. The van der Waals surface area contributed by atoms with E-state index in [0.29, 0.717) is 30.2 Å². The van der Waals surface area contributed by atoms with Crippen LogP contribution in [-0.2, 0) is 4.79 Å². The number of rotatable bonds is 4. The van der Waals surface area contributed by atoms with Gasteiger partial charge < -0.3 is 15.5 Å². The Morgan fingerprint density at radius 1 is 0.800 bits per heavy atom. The van der Waals surface area contributed by atoms with Crippen molar-refractivity contribution in [1.29, 1.82) is 0 Å². The molecule has 8 aliphatic carbocycles. The second-order valence-electron chi connectivity index (χ2n) is 15.4. The summed E-state index contributed by atoms with van der Waals surface area (Å²) in [6, 6.07) is 0.454. The van der Waals surface area contributed by atoms with Gasteiger partial charge in [-0.25, -0.2) is 0 Å². The third kappa shape index (κ3) is 3.74. The summed E-state index contributed by atoms with van der Waals surface area (Å²) in [5.41, 5.74) is -0.632. The molecule has 4 bridgehead atoms. The van der Waals surface area contributed by atoms with E-state index in [2.05, 4.69) is 19.2 Å². The quantitative estimate of drug-likeness (QED) is 0.520. The summed E-state index contributed by atoms with van der Waals surface area (Å²) in [6.45, 7) is 5.10. The maximum absolute atomic E-state index is 13.7. The molecule has 0 radical (unpaired) electrons. The molecule has 8 fully saturated rings. The Balaban J connectivity index is 1.01. The molecule has 0 heterocycles. The Morgan fingerprint density at radius 3 is 2.29 bits per heavy atom. The van der Waals surface area contributed by atoms with Crippen LogP contribution < -0.4 is 5.32 Å². The highest BCUT2D eigenvalue weighted by Crippen LogP contribution is 2.65. The van der Waals surface area contributed by atoms with Crippen molar-refractivity contribution >= 4 is 5.78 Å². The first-order valence-corrected chi connectivity index (χ1v) is 15.3. The number of Topliss-reactive ketones (excluding diaryl/α,β-unsaturated/α-hetero) is 1.